The van der Waals surface area contributed by atoms with Gasteiger partial charge in [0, 0.05) is 18.2 Å². The summed E-state index contributed by atoms with van der Waals surface area (Å²) in [7, 11) is -2.98. The van der Waals surface area contributed by atoms with Gasteiger partial charge in [-0.3, -0.25) is 19.3 Å². The summed E-state index contributed by atoms with van der Waals surface area (Å²) in [5.41, 5.74) is 1.33. The van der Waals surface area contributed by atoms with Crippen LogP contribution in [0.5, 0.6) is 0 Å². The standard InChI is InChI=1S/C23H28N6O5S/c1-12-8-13(2)18(14(3)9-12)20(34-30)19-17(11-24)22(26-25-4)29-21(27-28-23(19)29)15-6-5-7-16(10-15)35(31,32)33/h5-7,10,12-14,18,20,28,30H,8-9H2,1-4H3,(H,31,32,33). The van der Waals surface area contributed by atoms with Gasteiger partial charge in [-0.25, -0.2) is 4.89 Å². The van der Waals surface area contributed by atoms with E-state index in [2.05, 4.69) is 47.3 Å². The van der Waals surface area contributed by atoms with E-state index in [1.165, 1.54) is 25.2 Å². The lowest BCUT2D eigenvalue weighted by molar-refractivity contribution is -0.303. The molecule has 35 heavy (non-hydrogen) atoms. The summed E-state index contributed by atoms with van der Waals surface area (Å²) in [6.07, 6.45) is 1.10. The molecule has 0 spiro atoms. The number of nitrogens with one attached hydrogen (secondary N) is 1. The molecule has 186 valence electrons. The fourth-order valence-electron chi connectivity index (χ4n) is 5.77. The number of fused-ring (bicyclic) bond motifs is 1. The molecule has 0 saturated heterocycles. The largest absolute Gasteiger partial charge is 0.294 e. The van der Waals surface area contributed by atoms with Gasteiger partial charge in [-0.05, 0) is 48.6 Å². The number of H-pyrrole nitrogens is 1. The van der Waals surface area contributed by atoms with Crippen LogP contribution in [0.3, 0.4) is 0 Å². The van der Waals surface area contributed by atoms with Crippen molar-refractivity contribution in [1.82, 2.24) is 14.6 Å². The summed E-state index contributed by atoms with van der Waals surface area (Å²) in [5.74, 6) is 1.34. The van der Waals surface area contributed by atoms with Crippen LogP contribution in [0, 0.1) is 35.0 Å². The summed E-state index contributed by atoms with van der Waals surface area (Å²) < 4.78 is 34.4. The number of hydrogen-bond acceptors (Lipinski definition) is 8. The maximum atomic E-state index is 11.7. The van der Waals surface area contributed by atoms with Gasteiger partial charge in [0.15, 0.2) is 11.6 Å². The van der Waals surface area contributed by atoms with E-state index < -0.39 is 16.2 Å². The van der Waals surface area contributed by atoms with Crippen LogP contribution >= 0.6 is 0 Å². The van der Waals surface area contributed by atoms with Crippen molar-refractivity contribution in [3.05, 3.63) is 35.4 Å². The van der Waals surface area contributed by atoms with E-state index in [0.29, 0.717) is 22.7 Å². The van der Waals surface area contributed by atoms with E-state index in [4.69, 9.17) is 4.89 Å². The van der Waals surface area contributed by atoms with E-state index in [1.54, 1.807) is 10.5 Å². The summed E-state index contributed by atoms with van der Waals surface area (Å²) in [4.78, 5) is 4.78. The van der Waals surface area contributed by atoms with Crippen LogP contribution in [0.1, 0.15) is 50.8 Å². The van der Waals surface area contributed by atoms with Crippen molar-refractivity contribution in [2.24, 2.45) is 33.9 Å². The van der Waals surface area contributed by atoms with Crippen LogP contribution in [-0.4, -0.2) is 39.9 Å². The quantitative estimate of drug-likeness (QED) is 0.185. The first-order valence-corrected chi connectivity index (χ1v) is 12.8. The number of nitriles is 1. The minimum atomic E-state index is -4.44. The first-order valence-electron chi connectivity index (χ1n) is 11.3. The maximum absolute atomic E-state index is 11.7. The molecule has 2 heterocycles. The fraction of sp³-hybridized carbons (Fsp3) is 0.478. The molecule has 1 aliphatic carbocycles. The molecular weight excluding hydrogens is 472 g/mol. The molecule has 3 unspecified atom stereocenters. The average molecular weight is 501 g/mol. The Hall–Kier alpha value is -3.11. The number of rotatable bonds is 6. The molecule has 0 radical (unpaired) electrons. The number of azo groups is 1. The molecule has 0 bridgehead atoms. The highest BCUT2D eigenvalue weighted by atomic mass is 32.2. The predicted molar refractivity (Wildman–Crippen MR) is 127 cm³/mol. The van der Waals surface area contributed by atoms with Gasteiger partial charge in [-0.15, -0.1) is 5.11 Å². The highest BCUT2D eigenvalue weighted by Gasteiger charge is 2.42. The zero-order valence-corrected chi connectivity index (χ0v) is 20.7. The zero-order valence-electron chi connectivity index (χ0n) is 19.9. The SMILES string of the molecule is CN=Nc1c(C#N)c(C(OO)C2C(C)CC(C)CC2C)c2[nH]nc(-c3cccc(S(=O)(=O)O)c3)n12. The smallest absolute Gasteiger partial charge is 0.282 e. The minimum Gasteiger partial charge on any atom is -0.282 e. The lowest BCUT2D eigenvalue weighted by Crippen LogP contribution is -2.34. The predicted octanol–water partition coefficient (Wildman–Crippen LogP) is 5.01. The number of benzene rings is 1. The van der Waals surface area contributed by atoms with E-state index in [-0.39, 0.29) is 39.9 Å². The van der Waals surface area contributed by atoms with E-state index >= 15 is 0 Å². The Kier molecular flexibility index (Phi) is 6.79. The Labute approximate surface area is 203 Å². The third-order valence-electron chi connectivity index (χ3n) is 6.97. The number of nitrogens with zero attached hydrogens (tertiary/aromatic N) is 5. The summed E-state index contributed by atoms with van der Waals surface area (Å²) in [6, 6.07) is 7.81. The van der Waals surface area contributed by atoms with Crippen LogP contribution in [-0.2, 0) is 15.0 Å². The first-order chi connectivity index (χ1) is 16.6. The van der Waals surface area contributed by atoms with Gasteiger partial charge in [0.05, 0.1) is 4.90 Å². The Morgan fingerprint density at radius 1 is 1.29 bits per heavy atom. The first kappa shape index (κ1) is 25.0. The average Bonchev–Trinajstić information content (AvgIpc) is 3.34. The highest BCUT2D eigenvalue weighted by molar-refractivity contribution is 7.85. The Bertz CT molecular complexity index is 1410. The van der Waals surface area contributed by atoms with Gasteiger partial charge in [-0.1, -0.05) is 32.9 Å². The van der Waals surface area contributed by atoms with Crippen LogP contribution in [0.2, 0.25) is 0 Å². The van der Waals surface area contributed by atoms with Gasteiger partial charge in [-0.2, -0.15) is 23.9 Å². The molecule has 3 aromatic rings. The van der Waals surface area contributed by atoms with E-state index in [1.807, 2.05) is 0 Å². The molecule has 3 N–H and O–H groups in total. The Morgan fingerprint density at radius 2 is 1.97 bits per heavy atom. The second-order valence-electron chi connectivity index (χ2n) is 9.39. The summed E-state index contributed by atoms with van der Waals surface area (Å²) in [5, 5.41) is 35.5. The maximum Gasteiger partial charge on any atom is 0.294 e. The zero-order chi connectivity index (χ0) is 25.5. The lowest BCUT2D eigenvalue weighted by atomic mass is 9.66. The molecule has 3 atom stereocenters. The molecule has 1 fully saturated rings. The molecule has 4 rings (SSSR count). The molecule has 12 heteroatoms. The van der Waals surface area contributed by atoms with Crippen LogP contribution < -0.4 is 0 Å². The van der Waals surface area contributed by atoms with Crippen molar-refractivity contribution in [3.63, 3.8) is 0 Å². The third-order valence-corrected chi connectivity index (χ3v) is 7.82. The van der Waals surface area contributed by atoms with Crippen LogP contribution in [0.4, 0.5) is 5.82 Å². The number of aromatic nitrogens is 3. The summed E-state index contributed by atoms with van der Waals surface area (Å²) in [6.45, 7) is 6.44. The number of hydrogen-bond donors (Lipinski definition) is 3. The van der Waals surface area contributed by atoms with Gasteiger partial charge >= 0.3 is 0 Å². The van der Waals surface area contributed by atoms with Crippen LogP contribution in [0.15, 0.2) is 39.4 Å². The minimum absolute atomic E-state index is 0.0736. The Morgan fingerprint density at radius 3 is 2.54 bits per heavy atom. The van der Waals surface area contributed by atoms with Crippen molar-refractivity contribution in [3.8, 4) is 17.5 Å². The normalized spacial score (nSPS) is 24.1. The topological polar surface area (TPSA) is 165 Å². The highest BCUT2D eigenvalue weighted by Crippen LogP contribution is 2.49. The molecule has 0 amide bonds. The van der Waals surface area contributed by atoms with Gasteiger partial charge in [0.2, 0.25) is 0 Å². The van der Waals surface area contributed by atoms with E-state index in [9.17, 15) is 23.5 Å². The molecule has 1 aromatic carbocycles. The van der Waals surface area contributed by atoms with E-state index in [0.717, 1.165) is 12.8 Å². The third kappa shape index (κ3) is 4.36. The molecule has 1 aliphatic rings. The van der Waals surface area contributed by atoms with Crippen molar-refractivity contribution in [2.45, 2.75) is 44.6 Å². The van der Waals surface area contributed by atoms with Crippen molar-refractivity contribution >= 4 is 21.6 Å². The fourth-order valence-corrected chi connectivity index (χ4v) is 6.29. The Balaban J connectivity index is 1.97. The van der Waals surface area contributed by atoms with Gasteiger partial charge < -0.3 is 0 Å². The second-order valence-corrected chi connectivity index (χ2v) is 10.8. The van der Waals surface area contributed by atoms with Gasteiger partial charge in [0.25, 0.3) is 10.1 Å². The molecule has 0 aliphatic heterocycles. The monoisotopic (exact) mass is 500 g/mol. The molecule has 2 aromatic heterocycles. The molecular formula is C23H28N6O5S. The molecule has 1 saturated carbocycles. The van der Waals surface area contributed by atoms with Gasteiger partial charge in [0.1, 0.15) is 23.4 Å². The van der Waals surface area contributed by atoms with Crippen molar-refractivity contribution in [1.29, 1.82) is 5.26 Å². The lowest BCUT2D eigenvalue weighted by Gasteiger charge is -2.41. The second kappa shape index (κ2) is 9.50. The number of aromatic amines is 1. The molecule has 11 nitrogen and oxygen atoms in total. The van der Waals surface area contributed by atoms with Crippen molar-refractivity contribution in [2.75, 3.05) is 7.05 Å². The van der Waals surface area contributed by atoms with Crippen LogP contribution in [0.25, 0.3) is 17.0 Å². The van der Waals surface area contributed by atoms with Crippen molar-refractivity contribution < 1.29 is 23.1 Å². The summed E-state index contributed by atoms with van der Waals surface area (Å²) >= 11 is 0.